The van der Waals surface area contributed by atoms with Crippen LogP contribution in [0.1, 0.15) is 11.1 Å². The van der Waals surface area contributed by atoms with Crippen LogP contribution in [0.25, 0.3) is 0 Å². The van der Waals surface area contributed by atoms with Crippen LogP contribution >= 0.6 is 35.0 Å². The number of nitrogens with zero attached hydrogens (tertiary/aromatic N) is 1. The molecule has 1 heterocycles. The van der Waals surface area contributed by atoms with Crippen LogP contribution < -0.4 is 0 Å². The van der Waals surface area contributed by atoms with E-state index in [1.54, 1.807) is 0 Å². The van der Waals surface area contributed by atoms with Crippen molar-refractivity contribution in [1.29, 1.82) is 0 Å². The van der Waals surface area contributed by atoms with Gasteiger partial charge in [-0.15, -0.1) is 0 Å². The predicted octanol–water partition coefficient (Wildman–Crippen LogP) is 4.82. The summed E-state index contributed by atoms with van der Waals surface area (Å²) in [4.78, 5) is 4.05. The summed E-state index contributed by atoms with van der Waals surface area (Å²) >= 11 is 13.4. The molecule has 1 aromatic carbocycles. The second kappa shape index (κ2) is 6.29. The Morgan fingerprint density at radius 2 is 1.53 bits per heavy atom. The average molecular weight is 284 g/mol. The van der Waals surface area contributed by atoms with Crippen LogP contribution in [0.3, 0.4) is 0 Å². The van der Waals surface area contributed by atoms with Crippen molar-refractivity contribution < 1.29 is 0 Å². The third kappa shape index (κ3) is 4.23. The number of hydrogen-bond acceptors (Lipinski definition) is 2. The summed E-state index contributed by atoms with van der Waals surface area (Å²) in [5.74, 6) is 1.91. The van der Waals surface area contributed by atoms with Crippen LogP contribution in [-0.2, 0) is 11.5 Å². The maximum absolute atomic E-state index is 5.83. The van der Waals surface area contributed by atoms with Gasteiger partial charge in [0.25, 0.3) is 0 Å². The van der Waals surface area contributed by atoms with E-state index >= 15 is 0 Å². The standard InChI is InChI=1S/C13H11Cl2NS/c14-12-4-1-10(2-5-12)8-17-9-11-3-6-13(15)16-7-11/h1-7H,8-9H2. The molecule has 0 fully saturated rings. The molecule has 0 aliphatic rings. The van der Waals surface area contributed by atoms with Crippen molar-refractivity contribution in [2.75, 3.05) is 0 Å². The minimum Gasteiger partial charge on any atom is -0.244 e. The molecular formula is C13H11Cl2NS. The molecular weight excluding hydrogens is 273 g/mol. The molecule has 0 bridgehead atoms. The minimum absolute atomic E-state index is 0.538. The van der Waals surface area contributed by atoms with Gasteiger partial charge in [0.1, 0.15) is 5.15 Å². The summed E-state index contributed by atoms with van der Waals surface area (Å²) < 4.78 is 0. The van der Waals surface area contributed by atoms with E-state index in [1.165, 1.54) is 11.1 Å². The fourth-order valence-electron chi connectivity index (χ4n) is 1.36. The normalized spacial score (nSPS) is 10.5. The van der Waals surface area contributed by atoms with Gasteiger partial charge in [0, 0.05) is 22.7 Å². The van der Waals surface area contributed by atoms with Crippen LogP contribution in [0.15, 0.2) is 42.6 Å². The first-order valence-corrected chi connectivity index (χ1v) is 7.08. The number of rotatable bonds is 4. The highest BCUT2D eigenvalue weighted by Crippen LogP contribution is 2.19. The highest BCUT2D eigenvalue weighted by Gasteiger charge is 1.97. The lowest BCUT2D eigenvalue weighted by molar-refractivity contribution is 1.25. The zero-order valence-electron chi connectivity index (χ0n) is 9.07. The first-order valence-electron chi connectivity index (χ1n) is 5.16. The van der Waals surface area contributed by atoms with Crippen LogP contribution in [0.4, 0.5) is 0 Å². The highest BCUT2D eigenvalue weighted by atomic mass is 35.5. The Morgan fingerprint density at radius 1 is 0.882 bits per heavy atom. The summed E-state index contributed by atoms with van der Waals surface area (Å²) in [5.41, 5.74) is 2.47. The second-order valence-electron chi connectivity index (χ2n) is 3.61. The fourth-order valence-corrected chi connectivity index (χ4v) is 2.53. The summed E-state index contributed by atoms with van der Waals surface area (Å²) in [5, 5.41) is 1.32. The van der Waals surface area contributed by atoms with E-state index < -0.39 is 0 Å². The zero-order valence-corrected chi connectivity index (χ0v) is 11.4. The third-order valence-electron chi connectivity index (χ3n) is 2.24. The number of hydrogen-bond donors (Lipinski definition) is 0. The Kier molecular flexibility index (Phi) is 4.72. The molecule has 0 saturated carbocycles. The molecule has 4 heteroatoms. The van der Waals surface area contributed by atoms with E-state index in [0.717, 1.165) is 16.5 Å². The second-order valence-corrected chi connectivity index (χ2v) is 5.42. The number of thioether (sulfide) groups is 1. The van der Waals surface area contributed by atoms with E-state index in [1.807, 2.05) is 42.2 Å². The van der Waals surface area contributed by atoms with Crippen molar-refractivity contribution in [3.8, 4) is 0 Å². The van der Waals surface area contributed by atoms with E-state index in [0.29, 0.717) is 5.15 Å². The van der Waals surface area contributed by atoms with Gasteiger partial charge in [-0.05, 0) is 29.3 Å². The smallest absolute Gasteiger partial charge is 0.129 e. The lowest BCUT2D eigenvalue weighted by Gasteiger charge is -2.02. The first-order chi connectivity index (χ1) is 8.24. The monoisotopic (exact) mass is 283 g/mol. The first kappa shape index (κ1) is 12.7. The van der Waals surface area contributed by atoms with Gasteiger partial charge in [-0.25, -0.2) is 4.98 Å². The third-order valence-corrected chi connectivity index (χ3v) is 3.79. The Labute approximate surface area is 115 Å². The molecule has 0 atom stereocenters. The fraction of sp³-hybridized carbons (Fsp3) is 0.154. The Balaban J connectivity index is 1.83. The topological polar surface area (TPSA) is 12.9 Å². The zero-order chi connectivity index (χ0) is 12.1. The van der Waals surface area contributed by atoms with E-state index in [4.69, 9.17) is 23.2 Å². The lowest BCUT2D eigenvalue weighted by atomic mass is 10.2. The van der Waals surface area contributed by atoms with Gasteiger partial charge in [0.15, 0.2) is 0 Å². The quantitative estimate of drug-likeness (QED) is 0.746. The number of pyridine rings is 1. The average Bonchev–Trinajstić information content (AvgIpc) is 2.34. The minimum atomic E-state index is 0.538. The predicted molar refractivity (Wildman–Crippen MR) is 75.7 cm³/mol. The molecule has 0 aliphatic heterocycles. The molecule has 88 valence electrons. The van der Waals surface area contributed by atoms with Crippen LogP contribution in [0.2, 0.25) is 10.2 Å². The van der Waals surface area contributed by atoms with Crippen molar-refractivity contribution in [2.24, 2.45) is 0 Å². The molecule has 1 aromatic heterocycles. The molecule has 0 N–H and O–H groups in total. The van der Waals surface area contributed by atoms with Gasteiger partial charge in [0.05, 0.1) is 0 Å². The SMILES string of the molecule is Clc1ccc(CSCc2ccc(Cl)nc2)cc1. The molecule has 0 saturated heterocycles. The molecule has 17 heavy (non-hydrogen) atoms. The van der Waals surface area contributed by atoms with Crippen LogP contribution in [0, 0.1) is 0 Å². The van der Waals surface area contributed by atoms with E-state index in [-0.39, 0.29) is 0 Å². The summed E-state index contributed by atoms with van der Waals surface area (Å²) in [6, 6.07) is 11.8. The number of benzene rings is 1. The molecule has 0 unspecified atom stereocenters. The van der Waals surface area contributed by atoms with Crippen molar-refractivity contribution in [2.45, 2.75) is 11.5 Å². The summed E-state index contributed by atoms with van der Waals surface area (Å²) in [7, 11) is 0. The Bertz CT molecular complexity index is 422. The molecule has 0 aliphatic carbocycles. The van der Waals surface area contributed by atoms with Crippen molar-refractivity contribution >= 4 is 35.0 Å². The largest absolute Gasteiger partial charge is 0.244 e. The molecule has 1 nitrogen and oxygen atoms in total. The van der Waals surface area contributed by atoms with E-state index in [2.05, 4.69) is 17.1 Å². The molecule has 0 radical (unpaired) electrons. The lowest BCUT2D eigenvalue weighted by Crippen LogP contribution is -1.85. The van der Waals surface area contributed by atoms with Crippen molar-refractivity contribution in [3.63, 3.8) is 0 Å². The van der Waals surface area contributed by atoms with Gasteiger partial charge >= 0.3 is 0 Å². The summed E-state index contributed by atoms with van der Waals surface area (Å²) in [6.45, 7) is 0. The summed E-state index contributed by atoms with van der Waals surface area (Å²) in [6.07, 6.45) is 1.82. The molecule has 0 amide bonds. The van der Waals surface area contributed by atoms with Crippen LogP contribution in [-0.4, -0.2) is 4.98 Å². The van der Waals surface area contributed by atoms with Gasteiger partial charge in [0.2, 0.25) is 0 Å². The molecule has 2 aromatic rings. The van der Waals surface area contributed by atoms with Crippen molar-refractivity contribution in [1.82, 2.24) is 4.98 Å². The van der Waals surface area contributed by atoms with Crippen molar-refractivity contribution in [3.05, 3.63) is 63.9 Å². The molecule has 2 rings (SSSR count). The Morgan fingerprint density at radius 3 is 2.18 bits per heavy atom. The van der Waals surface area contributed by atoms with Gasteiger partial charge < -0.3 is 0 Å². The maximum atomic E-state index is 5.83. The number of halogens is 2. The van der Waals surface area contributed by atoms with Crippen LogP contribution in [0.5, 0.6) is 0 Å². The van der Waals surface area contributed by atoms with E-state index in [9.17, 15) is 0 Å². The van der Waals surface area contributed by atoms with Gasteiger partial charge in [-0.2, -0.15) is 11.8 Å². The van der Waals surface area contributed by atoms with Gasteiger partial charge in [-0.1, -0.05) is 41.4 Å². The molecule has 0 spiro atoms. The highest BCUT2D eigenvalue weighted by molar-refractivity contribution is 7.97. The Hall–Kier alpha value is -0.700. The maximum Gasteiger partial charge on any atom is 0.129 e. The number of aromatic nitrogens is 1. The van der Waals surface area contributed by atoms with Gasteiger partial charge in [-0.3, -0.25) is 0 Å².